The minimum absolute atomic E-state index is 0.0494. The number of fused-ring (bicyclic) bond motifs is 3. The summed E-state index contributed by atoms with van der Waals surface area (Å²) in [7, 11) is 0. The quantitative estimate of drug-likeness (QED) is 0.512. The van der Waals surface area contributed by atoms with Gasteiger partial charge < -0.3 is 14.6 Å². The van der Waals surface area contributed by atoms with Crippen molar-refractivity contribution in [2.24, 2.45) is 0 Å². The van der Waals surface area contributed by atoms with Crippen LogP contribution in [0, 0.1) is 12.7 Å². The van der Waals surface area contributed by atoms with Crippen molar-refractivity contribution in [1.29, 1.82) is 0 Å². The Labute approximate surface area is 189 Å². The molecule has 166 valence electrons. The average molecular weight is 444 g/mol. The molecule has 33 heavy (non-hydrogen) atoms. The number of ether oxygens (including phenoxy) is 1. The molecule has 0 spiro atoms. The standard InChI is InChI=1S/C24H21FN6O2/c1-14-9-18(25)17(10-21(14)30-11-20(27-13-30)15-5-6-15)24(32)29-19-4-2-3-16-22(19)33-8-7-31-23(16)26-12-28-31/h2-4,9-13,15H,5-8H2,1H3,(H,29,32). The molecule has 3 heterocycles. The Hall–Kier alpha value is -4.01. The molecule has 1 aliphatic heterocycles. The minimum Gasteiger partial charge on any atom is -0.489 e. The molecule has 1 fully saturated rings. The maximum absolute atomic E-state index is 14.9. The number of benzene rings is 2. The van der Waals surface area contributed by atoms with Crippen molar-refractivity contribution in [3.05, 3.63) is 71.8 Å². The number of halogens is 1. The number of hydrogen-bond acceptors (Lipinski definition) is 5. The smallest absolute Gasteiger partial charge is 0.258 e. The van der Waals surface area contributed by atoms with Gasteiger partial charge in [0, 0.05) is 12.1 Å². The van der Waals surface area contributed by atoms with Crippen LogP contribution < -0.4 is 10.1 Å². The summed E-state index contributed by atoms with van der Waals surface area (Å²) in [6.07, 6.45) is 7.46. The molecule has 2 aromatic heterocycles. The number of anilines is 1. The van der Waals surface area contributed by atoms with Crippen LogP contribution in [0.2, 0.25) is 0 Å². The summed E-state index contributed by atoms with van der Waals surface area (Å²) in [5, 5.41) is 7.03. The van der Waals surface area contributed by atoms with Gasteiger partial charge in [-0.2, -0.15) is 5.10 Å². The van der Waals surface area contributed by atoms with Gasteiger partial charge in [-0.1, -0.05) is 6.07 Å². The highest BCUT2D eigenvalue weighted by Gasteiger charge is 2.26. The first-order chi connectivity index (χ1) is 16.1. The van der Waals surface area contributed by atoms with Gasteiger partial charge in [-0.05, 0) is 49.6 Å². The normalized spacial score (nSPS) is 14.7. The number of aromatic nitrogens is 5. The zero-order chi connectivity index (χ0) is 22.5. The topological polar surface area (TPSA) is 86.9 Å². The molecule has 2 aromatic carbocycles. The van der Waals surface area contributed by atoms with E-state index in [0.717, 1.165) is 35.3 Å². The van der Waals surface area contributed by atoms with Gasteiger partial charge in [0.25, 0.3) is 5.91 Å². The summed E-state index contributed by atoms with van der Waals surface area (Å²) in [5.74, 6) is 0.523. The number of hydrogen-bond donors (Lipinski definition) is 1. The van der Waals surface area contributed by atoms with E-state index < -0.39 is 11.7 Å². The molecule has 0 bridgehead atoms. The highest BCUT2D eigenvalue weighted by molar-refractivity contribution is 6.06. The molecule has 1 N–H and O–H groups in total. The number of nitrogens with one attached hydrogen (secondary N) is 1. The number of amides is 1. The Morgan fingerprint density at radius 1 is 1.24 bits per heavy atom. The van der Waals surface area contributed by atoms with E-state index in [2.05, 4.69) is 20.4 Å². The zero-order valence-corrected chi connectivity index (χ0v) is 18.0. The highest BCUT2D eigenvalue weighted by Crippen LogP contribution is 2.39. The number of imidazole rings is 1. The fourth-order valence-corrected chi connectivity index (χ4v) is 4.20. The molecule has 8 nitrogen and oxygen atoms in total. The van der Waals surface area contributed by atoms with Crippen molar-refractivity contribution in [2.75, 3.05) is 11.9 Å². The van der Waals surface area contributed by atoms with Gasteiger partial charge in [0.1, 0.15) is 18.8 Å². The number of carbonyl (C=O) groups excluding carboxylic acids is 1. The van der Waals surface area contributed by atoms with Crippen molar-refractivity contribution < 1.29 is 13.9 Å². The molecule has 1 amide bonds. The van der Waals surface area contributed by atoms with E-state index in [4.69, 9.17) is 4.74 Å². The summed E-state index contributed by atoms with van der Waals surface area (Å²) in [6, 6.07) is 8.33. The van der Waals surface area contributed by atoms with Crippen molar-refractivity contribution in [2.45, 2.75) is 32.2 Å². The minimum atomic E-state index is -0.584. The molecule has 0 atom stereocenters. The molecular weight excluding hydrogens is 423 g/mol. The van der Waals surface area contributed by atoms with Crippen molar-refractivity contribution in [1.82, 2.24) is 24.3 Å². The Morgan fingerprint density at radius 3 is 2.97 bits per heavy atom. The zero-order valence-electron chi connectivity index (χ0n) is 18.0. The average Bonchev–Trinajstić information content (AvgIpc) is 3.41. The first-order valence-electron chi connectivity index (χ1n) is 10.9. The van der Waals surface area contributed by atoms with E-state index in [1.807, 2.05) is 23.8 Å². The Morgan fingerprint density at radius 2 is 2.12 bits per heavy atom. The predicted molar refractivity (Wildman–Crippen MR) is 119 cm³/mol. The fourth-order valence-electron chi connectivity index (χ4n) is 4.20. The predicted octanol–water partition coefficient (Wildman–Crippen LogP) is 4.10. The number of aryl methyl sites for hydroxylation is 1. The first-order valence-corrected chi connectivity index (χ1v) is 10.9. The molecule has 0 radical (unpaired) electrons. The lowest BCUT2D eigenvalue weighted by Gasteiger charge is -2.15. The SMILES string of the molecule is Cc1cc(F)c(C(=O)Nc2cccc3c2OCCn2ncnc2-3)cc1-n1cnc(C2CC2)c1. The second-order valence-electron chi connectivity index (χ2n) is 8.39. The van der Waals surface area contributed by atoms with Gasteiger partial charge in [0.2, 0.25) is 0 Å². The number of rotatable bonds is 4. The summed E-state index contributed by atoms with van der Waals surface area (Å²) >= 11 is 0. The molecule has 6 rings (SSSR count). The maximum atomic E-state index is 14.9. The largest absolute Gasteiger partial charge is 0.489 e. The third-order valence-electron chi connectivity index (χ3n) is 6.08. The molecule has 0 unspecified atom stereocenters. The van der Waals surface area contributed by atoms with Crippen LogP contribution >= 0.6 is 0 Å². The summed E-state index contributed by atoms with van der Waals surface area (Å²) < 4.78 is 24.4. The third-order valence-corrected chi connectivity index (χ3v) is 6.08. The van der Waals surface area contributed by atoms with Crippen molar-refractivity contribution in [3.8, 4) is 22.8 Å². The fraction of sp³-hybridized carbons (Fsp3) is 0.250. The molecular formula is C24H21FN6O2. The Kier molecular flexibility index (Phi) is 4.49. The van der Waals surface area contributed by atoms with E-state index >= 15 is 0 Å². The first kappa shape index (κ1) is 19.7. The second-order valence-corrected chi connectivity index (χ2v) is 8.39. The van der Waals surface area contributed by atoms with Gasteiger partial charge in [0.15, 0.2) is 11.6 Å². The van der Waals surface area contributed by atoms with E-state index in [0.29, 0.717) is 36.3 Å². The highest BCUT2D eigenvalue weighted by atomic mass is 19.1. The van der Waals surface area contributed by atoms with Gasteiger partial charge in [-0.25, -0.2) is 19.0 Å². The summed E-state index contributed by atoms with van der Waals surface area (Å²) in [4.78, 5) is 21.9. The molecule has 4 aromatic rings. The van der Waals surface area contributed by atoms with Crippen LogP contribution in [-0.4, -0.2) is 36.8 Å². The van der Waals surface area contributed by atoms with Crippen molar-refractivity contribution >= 4 is 11.6 Å². The van der Waals surface area contributed by atoms with E-state index in [9.17, 15) is 9.18 Å². The van der Waals surface area contributed by atoms with E-state index in [-0.39, 0.29) is 5.56 Å². The number of nitrogens with zero attached hydrogens (tertiary/aromatic N) is 5. The third kappa shape index (κ3) is 3.45. The summed E-state index contributed by atoms with van der Waals surface area (Å²) in [6.45, 7) is 2.74. The lowest BCUT2D eigenvalue weighted by Crippen LogP contribution is -2.16. The monoisotopic (exact) mass is 444 g/mol. The maximum Gasteiger partial charge on any atom is 0.258 e. The summed E-state index contributed by atoms with van der Waals surface area (Å²) in [5.41, 5.74) is 3.60. The van der Waals surface area contributed by atoms with Gasteiger partial charge >= 0.3 is 0 Å². The van der Waals surface area contributed by atoms with Crippen LogP contribution in [0.15, 0.2) is 49.2 Å². The van der Waals surface area contributed by atoms with Crippen LogP contribution in [0.3, 0.4) is 0 Å². The van der Waals surface area contributed by atoms with Gasteiger partial charge in [0.05, 0.1) is 41.1 Å². The van der Waals surface area contributed by atoms with Gasteiger partial charge in [-0.15, -0.1) is 0 Å². The Balaban J connectivity index is 1.34. The van der Waals surface area contributed by atoms with Crippen LogP contribution in [0.5, 0.6) is 5.75 Å². The lowest BCUT2D eigenvalue weighted by molar-refractivity contribution is 0.102. The number of para-hydroxylation sites is 1. The molecule has 1 saturated carbocycles. The molecule has 0 saturated heterocycles. The van der Waals surface area contributed by atoms with E-state index in [1.165, 1.54) is 12.4 Å². The lowest BCUT2D eigenvalue weighted by atomic mass is 10.1. The molecule has 2 aliphatic rings. The van der Waals surface area contributed by atoms with E-state index in [1.54, 1.807) is 29.2 Å². The second kappa shape index (κ2) is 7.54. The van der Waals surface area contributed by atoms with Gasteiger partial charge in [-0.3, -0.25) is 4.79 Å². The number of carbonyl (C=O) groups is 1. The van der Waals surface area contributed by atoms with Crippen LogP contribution in [-0.2, 0) is 6.54 Å². The Bertz CT molecular complexity index is 1390. The van der Waals surface area contributed by atoms with Crippen LogP contribution in [0.1, 0.15) is 40.4 Å². The van der Waals surface area contributed by atoms with Crippen molar-refractivity contribution in [3.63, 3.8) is 0 Å². The van der Waals surface area contributed by atoms with Crippen LogP contribution in [0.4, 0.5) is 10.1 Å². The molecule has 1 aliphatic carbocycles. The van der Waals surface area contributed by atoms with Crippen LogP contribution in [0.25, 0.3) is 17.1 Å². The molecule has 9 heteroatoms.